The molecule has 3 atom stereocenters. The van der Waals surface area contributed by atoms with E-state index in [4.69, 9.17) is 0 Å². The van der Waals surface area contributed by atoms with E-state index in [1.54, 1.807) is 16.3 Å². The Morgan fingerprint density at radius 1 is 0.805 bits per heavy atom. The van der Waals surface area contributed by atoms with E-state index in [1.807, 2.05) is 35.5 Å². The summed E-state index contributed by atoms with van der Waals surface area (Å²) in [6, 6.07) is 13.9. The third-order valence-electron chi connectivity index (χ3n) is 8.97. The Hall–Kier alpha value is 0.433. The van der Waals surface area contributed by atoms with E-state index in [1.165, 1.54) is 44.9 Å². The molecule has 0 bridgehead atoms. The largest absolute Gasteiger partial charge is 0.748 e. The van der Waals surface area contributed by atoms with Gasteiger partial charge in [-0.25, -0.2) is 11.3 Å². The molecule has 2 aliphatic rings. The zero-order chi connectivity index (χ0) is 30.1. The van der Waals surface area contributed by atoms with E-state index >= 15 is 0 Å². The molecule has 3 unspecified atom stereocenters. The molecule has 0 spiro atoms. The number of hydrogen-bond donors (Lipinski definition) is 2. The van der Waals surface area contributed by atoms with Crippen molar-refractivity contribution in [2.24, 2.45) is 0 Å². The molecule has 2 N–H and O–H groups in total. The average Bonchev–Trinajstić information content (AvgIpc) is 3.62. The van der Waals surface area contributed by atoms with Crippen LogP contribution in [-0.4, -0.2) is 51.6 Å². The normalized spacial score (nSPS) is 21.8. The molecule has 0 saturated carbocycles. The molecule has 2 nitrogen and oxygen atoms in total. The van der Waals surface area contributed by atoms with Crippen LogP contribution >= 0.6 is 17.2 Å². The van der Waals surface area contributed by atoms with Gasteiger partial charge in [0.05, 0.1) is 8.07 Å². The number of nitrogens with one attached hydrogen (secondary N) is 2. The van der Waals surface area contributed by atoms with Gasteiger partial charge in [-0.05, 0) is 49.1 Å². The third kappa shape index (κ3) is 9.01. The summed E-state index contributed by atoms with van der Waals surface area (Å²) in [6.45, 7) is 33.0. The second kappa shape index (κ2) is 14.2. The van der Waals surface area contributed by atoms with Crippen molar-refractivity contribution < 1.29 is 17.1 Å². The van der Waals surface area contributed by atoms with Crippen LogP contribution in [0.15, 0.2) is 36.4 Å². The Kier molecular flexibility index (Phi) is 13.1. The first kappa shape index (κ1) is 37.6. The second-order valence-electron chi connectivity index (χ2n) is 16.4. The molecule has 2 heterocycles. The van der Waals surface area contributed by atoms with Gasteiger partial charge in [-0.3, -0.25) is 0 Å². The van der Waals surface area contributed by atoms with E-state index in [0.29, 0.717) is 22.4 Å². The van der Waals surface area contributed by atoms with Crippen LogP contribution in [0.1, 0.15) is 78.4 Å². The summed E-state index contributed by atoms with van der Waals surface area (Å²) < 4.78 is 0. The molecule has 0 aromatic heterocycles. The van der Waals surface area contributed by atoms with Crippen LogP contribution in [-0.2, 0) is 28.4 Å². The van der Waals surface area contributed by atoms with Gasteiger partial charge in [0.15, 0.2) is 0 Å². The first-order valence-electron chi connectivity index (χ1n) is 15.8. The van der Waals surface area contributed by atoms with Gasteiger partial charge in [0.25, 0.3) is 0 Å². The summed E-state index contributed by atoms with van der Waals surface area (Å²) in [5.74, 6) is 0. The van der Waals surface area contributed by atoms with Gasteiger partial charge in [-0.15, -0.1) is 22.7 Å². The summed E-state index contributed by atoms with van der Waals surface area (Å²) in [6.07, 6.45) is 6.48. The SMILES string of the molecule is CC(C)(C)P(C[c-]1c(C(P)(C2CCCN2)C2CCCN2)cc([Si](C)(C)C)c1[Si](C)(C)C)C(C)(C)C.[Fe].[cH-]1[cH-][cH-][cH-][cH-]1. The molecule has 2 aromatic carbocycles. The topological polar surface area (TPSA) is 24.1 Å². The van der Waals surface area contributed by atoms with Crippen molar-refractivity contribution in [3.05, 3.63) is 47.5 Å². The summed E-state index contributed by atoms with van der Waals surface area (Å²) in [5.41, 5.74) is 3.49. The minimum absolute atomic E-state index is 0. The molecule has 2 aliphatic heterocycles. The quantitative estimate of drug-likeness (QED) is 0.177. The molecule has 2 fully saturated rings. The first-order valence-corrected chi connectivity index (χ1v) is 24.9. The molecule has 0 aliphatic carbocycles. The fourth-order valence-corrected chi connectivity index (χ4v) is 17.7. The molecule has 7 heteroatoms. The van der Waals surface area contributed by atoms with E-state index in [0.717, 1.165) is 0 Å². The second-order valence-corrected chi connectivity index (χ2v) is 31.3. The summed E-state index contributed by atoms with van der Waals surface area (Å²) in [5, 5.41) is 12.3. The minimum atomic E-state index is -1.56. The van der Waals surface area contributed by atoms with E-state index in [9.17, 15) is 0 Å². The van der Waals surface area contributed by atoms with Crippen LogP contribution in [0, 0.1) is 0 Å². The van der Waals surface area contributed by atoms with Crippen molar-refractivity contribution >= 4 is 43.7 Å². The van der Waals surface area contributed by atoms with Gasteiger partial charge in [0.1, 0.15) is 0 Å². The molecule has 4 rings (SSSR count). The molecule has 240 valence electrons. The van der Waals surface area contributed by atoms with Crippen molar-refractivity contribution in [1.82, 2.24) is 10.6 Å². The smallest absolute Gasteiger partial charge is 0.0508 e. The van der Waals surface area contributed by atoms with Crippen LogP contribution < -0.4 is 21.0 Å². The summed E-state index contributed by atoms with van der Waals surface area (Å²) in [4.78, 5) is 0. The van der Waals surface area contributed by atoms with Crippen molar-refractivity contribution in [2.75, 3.05) is 13.1 Å². The summed E-state index contributed by atoms with van der Waals surface area (Å²) >= 11 is 0. The summed E-state index contributed by atoms with van der Waals surface area (Å²) in [7, 11) is 0.237. The average molecular weight is 673 g/mol. The Labute approximate surface area is 271 Å². The molecule has 41 heavy (non-hydrogen) atoms. The van der Waals surface area contributed by atoms with Crippen molar-refractivity contribution in [1.29, 1.82) is 0 Å². The van der Waals surface area contributed by atoms with E-state index < -0.39 is 16.1 Å². The zero-order valence-electron chi connectivity index (χ0n) is 28.4. The maximum absolute atomic E-state index is 3.99. The van der Waals surface area contributed by atoms with Gasteiger partial charge in [0.2, 0.25) is 0 Å². The Morgan fingerprint density at radius 2 is 1.22 bits per heavy atom. The first-order chi connectivity index (χ1) is 18.3. The molecular weight excluding hydrogens is 610 g/mol. The molecule has 2 saturated heterocycles. The Balaban J connectivity index is 0.000000883. The van der Waals surface area contributed by atoms with Crippen molar-refractivity contribution in [3.8, 4) is 0 Å². The van der Waals surface area contributed by atoms with Gasteiger partial charge >= 0.3 is 0 Å². The van der Waals surface area contributed by atoms with E-state index in [-0.39, 0.29) is 30.1 Å². The molecule has 0 radical (unpaired) electrons. The van der Waals surface area contributed by atoms with Crippen LogP contribution in [0.25, 0.3) is 0 Å². The molecule has 2 aromatic rings. The van der Waals surface area contributed by atoms with Gasteiger partial charge in [0, 0.05) is 42.4 Å². The maximum Gasteiger partial charge on any atom is 0.0508 e. The Morgan fingerprint density at radius 3 is 1.51 bits per heavy atom. The predicted octanol–water partition coefficient (Wildman–Crippen LogP) is 8.05. The fourth-order valence-electron chi connectivity index (χ4n) is 7.36. The van der Waals surface area contributed by atoms with Gasteiger partial charge < -0.3 is 41.0 Å². The van der Waals surface area contributed by atoms with E-state index in [2.05, 4.69) is 107 Å². The Bertz CT molecular complexity index is 1010. The van der Waals surface area contributed by atoms with Crippen LogP contribution in [0.4, 0.5) is 0 Å². The minimum Gasteiger partial charge on any atom is -0.748 e. The third-order valence-corrected chi connectivity index (χ3v) is 18.3. The predicted molar refractivity (Wildman–Crippen MR) is 194 cm³/mol. The zero-order valence-corrected chi connectivity index (χ0v) is 33.6. The van der Waals surface area contributed by atoms with Gasteiger partial charge in [-0.2, -0.15) is 10.8 Å². The monoisotopic (exact) mass is 672 g/mol. The van der Waals surface area contributed by atoms with Crippen LogP contribution in [0.5, 0.6) is 0 Å². The standard InChI is InChI=1S/C29H57N2P2Si2.C5H5.Fe/c1-27(2,3)33(28(4,5)6)20-21-22(19-23(34(7,8)9)26(21)35(10,11)12)29(32,24-15-13-17-30-24)25-16-14-18-31-25;1-2-4-5-3-1;/h19,24-25,30-31H,13-18,20,32H2,1-12H3;1-5H;/q-1;-5;. The van der Waals surface area contributed by atoms with Gasteiger partial charge in [-0.1, -0.05) is 87.0 Å². The van der Waals surface area contributed by atoms with Crippen molar-refractivity contribution in [2.45, 2.75) is 140 Å². The van der Waals surface area contributed by atoms with Crippen LogP contribution in [0.2, 0.25) is 39.3 Å². The van der Waals surface area contributed by atoms with Crippen LogP contribution in [0.3, 0.4) is 0 Å². The van der Waals surface area contributed by atoms with Crippen molar-refractivity contribution in [3.63, 3.8) is 0 Å². The number of rotatable bonds is 7. The number of hydrogen-bond acceptors (Lipinski definition) is 2. The fraction of sp³-hybridized carbons (Fsp3) is 0.706. The molecule has 0 amide bonds. The maximum atomic E-state index is 3.99. The molecular formula is C34H62FeN2P2Si2-6.